The fraction of sp³-hybridized carbons (Fsp3) is 0.462. The minimum atomic E-state index is -4.30. The molecule has 17 heavy (non-hydrogen) atoms. The van der Waals surface area contributed by atoms with Crippen molar-refractivity contribution in [1.29, 1.82) is 0 Å². The van der Waals surface area contributed by atoms with Crippen LogP contribution in [0.1, 0.15) is 43.7 Å². The molecule has 0 N–H and O–H groups in total. The summed E-state index contributed by atoms with van der Waals surface area (Å²) in [5.74, 6) is 0.0616. The largest absolute Gasteiger partial charge is 0.416 e. The van der Waals surface area contributed by atoms with Gasteiger partial charge in [0.25, 0.3) is 0 Å². The van der Waals surface area contributed by atoms with Gasteiger partial charge in [-0.15, -0.1) is 0 Å². The maximum absolute atomic E-state index is 12.4. The summed E-state index contributed by atoms with van der Waals surface area (Å²) in [4.78, 5) is 11.0. The van der Waals surface area contributed by atoms with Crippen LogP contribution in [-0.2, 0) is 11.0 Å². The molecule has 0 aliphatic rings. The predicted octanol–water partition coefficient (Wildman–Crippen LogP) is 4.18. The van der Waals surface area contributed by atoms with E-state index in [9.17, 15) is 18.0 Å². The number of alkyl halides is 3. The third kappa shape index (κ3) is 3.88. The Hall–Kier alpha value is -1.32. The third-order valence-electron chi connectivity index (χ3n) is 2.74. The molecule has 1 rings (SSSR count). The fourth-order valence-electron chi connectivity index (χ4n) is 1.79. The third-order valence-corrected chi connectivity index (χ3v) is 2.74. The number of benzene rings is 1. The molecule has 4 heteroatoms. The van der Waals surface area contributed by atoms with Gasteiger partial charge in [-0.05, 0) is 37.0 Å². The standard InChI is InChI=1S/C13H15F3O/c1-3-10(8-9(2)17)11-4-6-12(7-5-11)13(14,15)16/h4-7,10H,3,8H2,1-2H3/t10-/m1/s1. The molecule has 0 radical (unpaired) electrons. The molecule has 0 aliphatic heterocycles. The van der Waals surface area contributed by atoms with E-state index in [2.05, 4.69) is 0 Å². The lowest BCUT2D eigenvalue weighted by atomic mass is 9.91. The van der Waals surface area contributed by atoms with Crippen LogP contribution >= 0.6 is 0 Å². The minimum absolute atomic E-state index is 0.00906. The predicted molar refractivity (Wildman–Crippen MR) is 59.8 cm³/mol. The van der Waals surface area contributed by atoms with Crippen molar-refractivity contribution < 1.29 is 18.0 Å². The fourth-order valence-corrected chi connectivity index (χ4v) is 1.79. The lowest BCUT2D eigenvalue weighted by Gasteiger charge is -2.14. The van der Waals surface area contributed by atoms with Gasteiger partial charge in [-0.1, -0.05) is 19.1 Å². The van der Waals surface area contributed by atoms with E-state index in [-0.39, 0.29) is 11.7 Å². The number of rotatable bonds is 4. The van der Waals surface area contributed by atoms with Crippen molar-refractivity contribution in [2.24, 2.45) is 0 Å². The molecule has 0 heterocycles. The van der Waals surface area contributed by atoms with Crippen LogP contribution in [0, 0.1) is 0 Å². The molecule has 0 unspecified atom stereocenters. The highest BCUT2D eigenvalue weighted by Gasteiger charge is 2.30. The van der Waals surface area contributed by atoms with E-state index in [0.29, 0.717) is 6.42 Å². The number of halogens is 3. The smallest absolute Gasteiger partial charge is 0.300 e. The quantitative estimate of drug-likeness (QED) is 0.776. The second-order valence-corrected chi connectivity index (χ2v) is 4.13. The second kappa shape index (κ2) is 5.34. The topological polar surface area (TPSA) is 17.1 Å². The molecule has 0 saturated heterocycles. The number of hydrogen-bond acceptors (Lipinski definition) is 1. The average Bonchev–Trinajstić information content (AvgIpc) is 2.24. The van der Waals surface area contributed by atoms with E-state index in [0.717, 1.165) is 24.1 Å². The van der Waals surface area contributed by atoms with Gasteiger partial charge in [0, 0.05) is 6.42 Å². The van der Waals surface area contributed by atoms with Crippen LogP contribution < -0.4 is 0 Å². The Morgan fingerprint density at radius 2 is 1.76 bits per heavy atom. The summed E-state index contributed by atoms with van der Waals surface area (Å²) in [6.07, 6.45) is -3.19. The van der Waals surface area contributed by atoms with Crippen molar-refractivity contribution in [2.75, 3.05) is 0 Å². The molecule has 0 spiro atoms. The summed E-state index contributed by atoms with van der Waals surface area (Å²) in [7, 11) is 0. The molecule has 1 aromatic rings. The maximum atomic E-state index is 12.4. The highest BCUT2D eigenvalue weighted by molar-refractivity contribution is 5.76. The van der Waals surface area contributed by atoms with E-state index < -0.39 is 11.7 Å². The number of carbonyl (C=O) groups is 1. The van der Waals surface area contributed by atoms with Crippen molar-refractivity contribution in [3.05, 3.63) is 35.4 Å². The van der Waals surface area contributed by atoms with E-state index in [1.165, 1.54) is 19.1 Å². The van der Waals surface area contributed by atoms with Gasteiger partial charge in [0.05, 0.1) is 5.56 Å². The molecule has 1 atom stereocenters. The van der Waals surface area contributed by atoms with Gasteiger partial charge in [0.2, 0.25) is 0 Å². The van der Waals surface area contributed by atoms with E-state index in [1.54, 1.807) is 0 Å². The first kappa shape index (κ1) is 13.7. The van der Waals surface area contributed by atoms with Gasteiger partial charge in [0.15, 0.2) is 0 Å². The van der Waals surface area contributed by atoms with Crippen molar-refractivity contribution in [2.45, 2.75) is 38.8 Å². The summed E-state index contributed by atoms with van der Waals surface area (Å²) < 4.78 is 37.1. The molecular weight excluding hydrogens is 229 g/mol. The van der Waals surface area contributed by atoms with Crippen molar-refractivity contribution >= 4 is 5.78 Å². The first-order chi connectivity index (χ1) is 7.84. The van der Waals surface area contributed by atoms with E-state index in [1.807, 2.05) is 6.92 Å². The Kier molecular flexibility index (Phi) is 4.32. The SMILES string of the molecule is CC[C@H](CC(C)=O)c1ccc(C(F)(F)F)cc1. The summed E-state index contributed by atoms with van der Waals surface area (Å²) in [6, 6.07) is 5.05. The van der Waals surface area contributed by atoms with Gasteiger partial charge in [0.1, 0.15) is 5.78 Å². The zero-order valence-electron chi connectivity index (χ0n) is 9.84. The van der Waals surface area contributed by atoms with Gasteiger partial charge in [-0.3, -0.25) is 0 Å². The maximum Gasteiger partial charge on any atom is 0.416 e. The molecule has 0 fully saturated rings. The van der Waals surface area contributed by atoms with Crippen LogP contribution in [0.3, 0.4) is 0 Å². The first-order valence-corrected chi connectivity index (χ1v) is 5.51. The van der Waals surface area contributed by atoms with Crippen LogP contribution in [-0.4, -0.2) is 5.78 Å². The van der Waals surface area contributed by atoms with Crippen molar-refractivity contribution in [3.8, 4) is 0 Å². The summed E-state index contributed by atoms with van der Waals surface area (Å²) >= 11 is 0. The molecule has 0 amide bonds. The molecule has 0 aliphatic carbocycles. The lowest BCUT2D eigenvalue weighted by molar-refractivity contribution is -0.137. The summed E-state index contributed by atoms with van der Waals surface area (Å²) in [6.45, 7) is 3.41. The highest BCUT2D eigenvalue weighted by atomic mass is 19.4. The summed E-state index contributed by atoms with van der Waals surface area (Å²) in [5, 5.41) is 0. The zero-order chi connectivity index (χ0) is 13.1. The molecular formula is C13H15F3O. The Labute approximate surface area is 98.6 Å². The van der Waals surface area contributed by atoms with E-state index in [4.69, 9.17) is 0 Å². The number of carbonyl (C=O) groups excluding carboxylic acids is 1. The van der Waals surface area contributed by atoms with Crippen molar-refractivity contribution in [3.63, 3.8) is 0 Å². The molecule has 94 valence electrons. The molecule has 0 aromatic heterocycles. The van der Waals surface area contributed by atoms with Crippen LogP contribution in [0.4, 0.5) is 13.2 Å². The van der Waals surface area contributed by atoms with Gasteiger partial charge in [-0.2, -0.15) is 13.2 Å². The lowest BCUT2D eigenvalue weighted by Crippen LogP contribution is -2.07. The Balaban J connectivity index is 2.89. The van der Waals surface area contributed by atoms with Crippen LogP contribution in [0.2, 0.25) is 0 Å². The monoisotopic (exact) mass is 244 g/mol. The number of hydrogen-bond donors (Lipinski definition) is 0. The molecule has 0 saturated carbocycles. The number of ketones is 1. The zero-order valence-corrected chi connectivity index (χ0v) is 9.84. The average molecular weight is 244 g/mol. The van der Waals surface area contributed by atoms with Gasteiger partial charge < -0.3 is 4.79 Å². The van der Waals surface area contributed by atoms with Crippen LogP contribution in [0.25, 0.3) is 0 Å². The Morgan fingerprint density at radius 1 is 1.24 bits per heavy atom. The van der Waals surface area contributed by atoms with Gasteiger partial charge in [-0.25, -0.2) is 0 Å². The van der Waals surface area contributed by atoms with Gasteiger partial charge >= 0.3 is 6.18 Å². The van der Waals surface area contributed by atoms with Crippen molar-refractivity contribution in [1.82, 2.24) is 0 Å². The highest BCUT2D eigenvalue weighted by Crippen LogP contribution is 2.31. The number of Topliss-reactive ketones (excluding diaryl/α,β-unsaturated/α-hetero) is 1. The van der Waals surface area contributed by atoms with E-state index >= 15 is 0 Å². The Bertz CT molecular complexity index is 379. The van der Waals surface area contributed by atoms with Crippen LogP contribution in [0.5, 0.6) is 0 Å². The Morgan fingerprint density at radius 3 is 2.12 bits per heavy atom. The first-order valence-electron chi connectivity index (χ1n) is 5.51. The van der Waals surface area contributed by atoms with Crippen LogP contribution in [0.15, 0.2) is 24.3 Å². The summed E-state index contributed by atoms with van der Waals surface area (Å²) in [5.41, 5.74) is 0.134. The second-order valence-electron chi connectivity index (χ2n) is 4.13. The molecule has 1 aromatic carbocycles. The molecule has 0 bridgehead atoms. The normalized spacial score (nSPS) is 13.5. The minimum Gasteiger partial charge on any atom is -0.300 e. The molecule has 1 nitrogen and oxygen atoms in total.